The molecule has 2 aromatic rings. The van der Waals surface area contributed by atoms with Crippen molar-refractivity contribution in [2.45, 2.75) is 46.1 Å². The van der Waals surface area contributed by atoms with Crippen molar-refractivity contribution in [2.75, 3.05) is 6.54 Å². The molecule has 1 aliphatic rings. The van der Waals surface area contributed by atoms with Crippen molar-refractivity contribution in [2.24, 2.45) is 0 Å². The summed E-state index contributed by atoms with van der Waals surface area (Å²) in [5.41, 5.74) is 6.06. The molecule has 0 bridgehead atoms. The van der Waals surface area contributed by atoms with Crippen LogP contribution in [0.4, 0.5) is 0 Å². The summed E-state index contributed by atoms with van der Waals surface area (Å²) in [6.45, 7) is 10.5. The average Bonchev–Trinajstić information content (AvgIpc) is 2.47. The van der Waals surface area contributed by atoms with Crippen LogP contribution in [0, 0.1) is 6.92 Å². The highest BCUT2D eigenvalue weighted by Crippen LogP contribution is 2.31. The molecular formula is C18H23N3. The van der Waals surface area contributed by atoms with Crippen molar-refractivity contribution in [3.05, 3.63) is 46.9 Å². The van der Waals surface area contributed by atoms with Crippen LogP contribution in [0.25, 0.3) is 11.3 Å². The second-order valence-corrected chi connectivity index (χ2v) is 6.35. The molecule has 0 spiro atoms. The molecule has 1 aliphatic heterocycles. The van der Waals surface area contributed by atoms with Gasteiger partial charge in [0.15, 0.2) is 0 Å². The Labute approximate surface area is 126 Å². The Morgan fingerprint density at radius 3 is 2.52 bits per heavy atom. The van der Waals surface area contributed by atoms with Crippen molar-refractivity contribution in [3.63, 3.8) is 0 Å². The van der Waals surface area contributed by atoms with Crippen LogP contribution in [0.3, 0.4) is 0 Å². The molecule has 0 saturated carbocycles. The van der Waals surface area contributed by atoms with E-state index in [4.69, 9.17) is 9.97 Å². The number of nitrogens with zero attached hydrogens (tertiary/aromatic N) is 2. The molecule has 0 aliphatic carbocycles. The number of hydrogen-bond donors (Lipinski definition) is 1. The van der Waals surface area contributed by atoms with Gasteiger partial charge in [0.2, 0.25) is 0 Å². The fourth-order valence-corrected chi connectivity index (χ4v) is 2.82. The van der Waals surface area contributed by atoms with Gasteiger partial charge in [-0.3, -0.25) is 0 Å². The number of benzene rings is 1. The first-order valence-electron chi connectivity index (χ1n) is 7.74. The first-order chi connectivity index (χ1) is 10.1. The Kier molecular flexibility index (Phi) is 3.77. The van der Waals surface area contributed by atoms with Gasteiger partial charge in [-0.15, -0.1) is 0 Å². The second-order valence-electron chi connectivity index (χ2n) is 6.35. The van der Waals surface area contributed by atoms with Gasteiger partial charge in [0.25, 0.3) is 0 Å². The summed E-state index contributed by atoms with van der Waals surface area (Å²) in [7, 11) is 0. The van der Waals surface area contributed by atoms with E-state index in [9.17, 15) is 0 Å². The number of hydrogen-bond acceptors (Lipinski definition) is 3. The van der Waals surface area contributed by atoms with Crippen LogP contribution >= 0.6 is 0 Å². The van der Waals surface area contributed by atoms with E-state index in [1.165, 1.54) is 22.4 Å². The molecule has 1 aromatic carbocycles. The molecular weight excluding hydrogens is 258 g/mol. The van der Waals surface area contributed by atoms with Gasteiger partial charge in [-0.25, -0.2) is 9.97 Å². The maximum atomic E-state index is 4.87. The minimum Gasteiger partial charge on any atom is -0.312 e. The molecule has 1 N–H and O–H groups in total. The summed E-state index contributed by atoms with van der Waals surface area (Å²) in [6, 6.07) is 8.64. The van der Waals surface area contributed by atoms with Gasteiger partial charge in [0.05, 0.1) is 11.4 Å². The van der Waals surface area contributed by atoms with Gasteiger partial charge in [0.1, 0.15) is 5.82 Å². The second kappa shape index (κ2) is 5.57. The number of fused-ring (bicyclic) bond motifs is 1. The highest BCUT2D eigenvalue weighted by Gasteiger charge is 2.23. The number of nitrogens with one attached hydrogen (secondary N) is 1. The first-order valence-corrected chi connectivity index (χ1v) is 7.74. The summed E-state index contributed by atoms with van der Waals surface area (Å²) in [4.78, 5) is 9.72. The molecule has 0 saturated heterocycles. The third-order valence-corrected chi connectivity index (χ3v) is 4.12. The number of rotatable bonds is 2. The molecule has 3 nitrogen and oxygen atoms in total. The van der Waals surface area contributed by atoms with Crippen molar-refractivity contribution >= 4 is 0 Å². The molecule has 0 fully saturated rings. The van der Waals surface area contributed by atoms with E-state index in [-0.39, 0.29) is 0 Å². The van der Waals surface area contributed by atoms with E-state index in [1.807, 2.05) is 0 Å². The highest BCUT2D eigenvalue weighted by atomic mass is 15.0. The Bertz CT molecular complexity index is 644. The fourth-order valence-electron chi connectivity index (χ4n) is 2.82. The first kappa shape index (κ1) is 14.2. The van der Waals surface area contributed by atoms with Crippen LogP contribution < -0.4 is 5.32 Å². The third-order valence-electron chi connectivity index (χ3n) is 4.12. The zero-order valence-corrected chi connectivity index (χ0v) is 13.3. The summed E-state index contributed by atoms with van der Waals surface area (Å²) in [6.07, 6.45) is 0. The van der Waals surface area contributed by atoms with Gasteiger partial charge >= 0.3 is 0 Å². The lowest BCUT2D eigenvalue weighted by Crippen LogP contribution is -2.29. The van der Waals surface area contributed by atoms with Gasteiger partial charge in [-0.2, -0.15) is 0 Å². The lowest BCUT2D eigenvalue weighted by atomic mass is 9.93. The minimum atomic E-state index is 0.349. The quantitative estimate of drug-likeness (QED) is 0.910. The van der Waals surface area contributed by atoms with Gasteiger partial charge in [0, 0.05) is 36.1 Å². The zero-order valence-electron chi connectivity index (χ0n) is 13.3. The lowest BCUT2D eigenvalue weighted by molar-refractivity contribution is 0.547. The number of aromatic nitrogens is 2. The Balaban J connectivity index is 2.20. The van der Waals surface area contributed by atoms with E-state index < -0.39 is 0 Å². The maximum absolute atomic E-state index is 4.87. The van der Waals surface area contributed by atoms with Crippen molar-refractivity contribution in [1.29, 1.82) is 0 Å². The zero-order chi connectivity index (χ0) is 15.0. The van der Waals surface area contributed by atoms with Gasteiger partial charge < -0.3 is 5.32 Å². The summed E-state index contributed by atoms with van der Waals surface area (Å²) in [5, 5.41) is 3.48. The third kappa shape index (κ3) is 2.70. The van der Waals surface area contributed by atoms with Crippen LogP contribution in [0.15, 0.2) is 24.3 Å². The fraction of sp³-hybridized carbons (Fsp3) is 0.444. The molecule has 0 radical (unpaired) electrons. The molecule has 3 heteroatoms. The van der Waals surface area contributed by atoms with Crippen molar-refractivity contribution < 1.29 is 0 Å². The van der Waals surface area contributed by atoms with Gasteiger partial charge in [-0.05, 0) is 6.92 Å². The van der Waals surface area contributed by atoms with E-state index >= 15 is 0 Å². The van der Waals surface area contributed by atoms with Crippen LogP contribution in [0.5, 0.6) is 0 Å². The standard InChI is InChI=1S/C18H23N3/c1-11(2)18-20-16-13(4)9-19-10-15(16)17(21-18)14-7-5-12(3)6-8-14/h5-8,11,13,19H,9-10H2,1-4H3. The largest absolute Gasteiger partial charge is 0.312 e. The normalized spacial score (nSPS) is 17.9. The van der Waals surface area contributed by atoms with E-state index in [0.717, 1.165) is 24.6 Å². The molecule has 3 rings (SSSR count). The topological polar surface area (TPSA) is 37.8 Å². The monoisotopic (exact) mass is 281 g/mol. The molecule has 0 amide bonds. The molecule has 1 atom stereocenters. The molecule has 1 aromatic heterocycles. The molecule has 2 heterocycles. The Morgan fingerprint density at radius 2 is 1.86 bits per heavy atom. The summed E-state index contributed by atoms with van der Waals surface area (Å²) in [5.74, 6) is 1.75. The predicted molar refractivity (Wildman–Crippen MR) is 86.4 cm³/mol. The van der Waals surface area contributed by atoms with Crippen molar-refractivity contribution in [3.8, 4) is 11.3 Å². The minimum absolute atomic E-state index is 0.349. The van der Waals surface area contributed by atoms with E-state index in [2.05, 4.69) is 57.3 Å². The highest BCUT2D eigenvalue weighted by molar-refractivity contribution is 5.65. The molecule has 21 heavy (non-hydrogen) atoms. The molecule has 110 valence electrons. The van der Waals surface area contributed by atoms with Crippen molar-refractivity contribution in [1.82, 2.24) is 15.3 Å². The predicted octanol–water partition coefficient (Wildman–Crippen LogP) is 3.78. The number of aryl methyl sites for hydroxylation is 1. The maximum Gasteiger partial charge on any atom is 0.131 e. The molecule has 1 unspecified atom stereocenters. The SMILES string of the molecule is Cc1ccc(-c2nc(C(C)C)nc3c2CNCC3C)cc1. The Hall–Kier alpha value is -1.74. The lowest BCUT2D eigenvalue weighted by Gasteiger charge is -2.25. The average molecular weight is 281 g/mol. The van der Waals surface area contributed by atoms with Gasteiger partial charge in [-0.1, -0.05) is 50.6 Å². The van der Waals surface area contributed by atoms with E-state index in [1.54, 1.807) is 0 Å². The van der Waals surface area contributed by atoms with Crippen LogP contribution in [-0.2, 0) is 6.54 Å². The Morgan fingerprint density at radius 1 is 1.14 bits per heavy atom. The smallest absolute Gasteiger partial charge is 0.131 e. The van der Waals surface area contributed by atoms with Crippen LogP contribution in [-0.4, -0.2) is 16.5 Å². The van der Waals surface area contributed by atoms with Crippen LogP contribution in [0.1, 0.15) is 55.3 Å². The van der Waals surface area contributed by atoms with Crippen LogP contribution in [0.2, 0.25) is 0 Å². The summed E-state index contributed by atoms with van der Waals surface area (Å²) >= 11 is 0. The summed E-state index contributed by atoms with van der Waals surface area (Å²) < 4.78 is 0. The van der Waals surface area contributed by atoms with E-state index in [0.29, 0.717) is 11.8 Å².